The van der Waals surface area contributed by atoms with Crippen LogP contribution < -0.4 is 5.32 Å². The van der Waals surface area contributed by atoms with Gasteiger partial charge in [-0.3, -0.25) is 0 Å². The molecule has 1 aliphatic carbocycles. The third-order valence-corrected chi connectivity index (χ3v) is 4.00. The van der Waals surface area contributed by atoms with Crippen molar-refractivity contribution in [2.24, 2.45) is 11.8 Å². The van der Waals surface area contributed by atoms with E-state index in [9.17, 15) is 0 Å². The quantitative estimate of drug-likeness (QED) is 0.740. The molecule has 0 bridgehead atoms. The lowest BCUT2D eigenvalue weighted by Crippen LogP contribution is -2.46. The van der Waals surface area contributed by atoms with Gasteiger partial charge in [0.2, 0.25) is 0 Å². The van der Waals surface area contributed by atoms with Gasteiger partial charge in [0.1, 0.15) is 0 Å². The Morgan fingerprint density at radius 1 is 1.25 bits per heavy atom. The third kappa shape index (κ3) is 3.44. The van der Waals surface area contributed by atoms with Gasteiger partial charge in [0.25, 0.3) is 0 Å². The molecule has 0 amide bonds. The van der Waals surface area contributed by atoms with Crippen LogP contribution in [0.25, 0.3) is 0 Å². The van der Waals surface area contributed by atoms with Gasteiger partial charge < -0.3 is 15.0 Å². The molecule has 2 aliphatic rings. The van der Waals surface area contributed by atoms with E-state index in [0.29, 0.717) is 12.0 Å². The number of nitrogens with one attached hydrogen (secondary N) is 1. The molecule has 1 heterocycles. The standard InChI is InChI=1S/C13H26N2O/c1-3-15(8-11-4-5-11)9-12-10-16-7-6-13(12)14-2/h11-14H,3-10H2,1-2H3. The van der Waals surface area contributed by atoms with Gasteiger partial charge in [-0.05, 0) is 38.8 Å². The fourth-order valence-electron chi connectivity index (χ4n) is 2.69. The number of hydrogen-bond donors (Lipinski definition) is 1. The predicted octanol–water partition coefficient (Wildman–Crippen LogP) is 1.34. The van der Waals surface area contributed by atoms with Crippen molar-refractivity contribution in [1.82, 2.24) is 10.2 Å². The summed E-state index contributed by atoms with van der Waals surface area (Å²) in [7, 11) is 2.08. The highest BCUT2D eigenvalue weighted by Crippen LogP contribution is 2.30. The minimum absolute atomic E-state index is 0.655. The molecule has 0 aromatic heterocycles. The fraction of sp³-hybridized carbons (Fsp3) is 1.00. The fourth-order valence-corrected chi connectivity index (χ4v) is 2.69. The topological polar surface area (TPSA) is 24.5 Å². The van der Waals surface area contributed by atoms with Crippen LogP contribution in [-0.4, -0.2) is 50.8 Å². The summed E-state index contributed by atoms with van der Waals surface area (Å²) in [5, 5.41) is 3.45. The zero-order valence-electron chi connectivity index (χ0n) is 10.7. The van der Waals surface area contributed by atoms with Crippen molar-refractivity contribution in [3.05, 3.63) is 0 Å². The molecule has 1 N–H and O–H groups in total. The average molecular weight is 226 g/mol. The molecule has 2 unspecified atom stereocenters. The van der Waals surface area contributed by atoms with Crippen LogP contribution in [0.2, 0.25) is 0 Å². The van der Waals surface area contributed by atoms with Crippen molar-refractivity contribution in [3.63, 3.8) is 0 Å². The average Bonchev–Trinajstić information content (AvgIpc) is 3.13. The molecule has 2 rings (SSSR count). The van der Waals surface area contributed by atoms with Crippen LogP contribution in [0, 0.1) is 11.8 Å². The Morgan fingerprint density at radius 2 is 2.06 bits per heavy atom. The van der Waals surface area contributed by atoms with E-state index in [-0.39, 0.29) is 0 Å². The summed E-state index contributed by atoms with van der Waals surface area (Å²) < 4.78 is 5.61. The molecule has 2 fully saturated rings. The van der Waals surface area contributed by atoms with Gasteiger partial charge in [-0.25, -0.2) is 0 Å². The minimum atomic E-state index is 0.655. The molecule has 0 radical (unpaired) electrons. The summed E-state index contributed by atoms with van der Waals surface area (Å²) in [4.78, 5) is 2.61. The second-order valence-electron chi connectivity index (χ2n) is 5.31. The first kappa shape index (κ1) is 12.3. The van der Waals surface area contributed by atoms with E-state index in [2.05, 4.69) is 24.2 Å². The van der Waals surface area contributed by atoms with Gasteiger partial charge in [0.05, 0.1) is 6.61 Å². The Morgan fingerprint density at radius 3 is 2.69 bits per heavy atom. The molecular weight excluding hydrogens is 200 g/mol. The lowest BCUT2D eigenvalue weighted by molar-refractivity contribution is 0.0185. The van der Waals surface area contributed by atoms with E-state index >= 15 is 0 Å². The molecule has 0 spiro atoms. The molecule has 3 nitrogen and oxygen atoms in total. The van der Waals surface area contributed by atoms with E-state index in [4.69, 9.17) is 4.74 Å². The second kappa shape index (κ2) is 5.99. The summed E-state index contributed by atoms with van der Waals surface area (Å²) in [6.45, 7) is 7.84. The zero-order chi connectivity index (χ0) is 11.4. The number of ether oxygens (including phenoxy) is 1. The van der Waals surface area contributed by atoms with Crippen LogP contribution in [0.3, 0.4) is 0 Å². The lowest BCUT2D eigenvalue weighted by atomic mass is 9.95. The Hall–Kier alpha value is -0.120. The van der Waals surface area contributed by atoms with Gasteiger partial charge in [-0.15, -0.1) is 0 Å². The van der Waals surface area contributed by atoms with E-state index in [1.165, 1.54) is 38.9 Å². The lowest BCUT2D eigenvalue weighted by Gasteiger charge is -2.35. The first-order valence-electron chi connectivity index (χ1n) is 6.80. The maximum atomic E-state index is 5.61. The van der Waals surface area contributed by atoms with Crippen LogP contribution >= 0.6 is 0 Å². The van der Waals surface area contributed by atoms with Crippen LogP contribution in [0.4, 0.5) is 0 Å². The highest BCUT2D eigenvalue weighted by atomic mass is 16.5. The summed E-state index contributed by atoms with van der Waals surface area (Å²) in [6.07, 6.45) is 4.07. The second-order valence-corrected chi connectivity index (χ2v) is 5.31. The number of hydrogen-bond acceptors (Lipinski definition) is 3. The van der Waals surface area contributed by atoms with E-state index in [0.717, 1.165) is 19.1 Å². The van der Waals surface area contributed by atoms with Crippen molar-refractivity contribution in [1.29, 1.82) is 0 Å². The number of rotatable bonds is 6. The monoisotopic (exact) mass is 226 g/mol. The Kier molecular flexibility index (Phi) is 4.62. The van der Waals surface area contributed by atoms with E-state index in [1.807, 2.05) is 0 Å². The molecule has 3 heteroatoms. The van der Waals surface area contributed by atoms with Crippen LogP contribution in [0.5, 0.6) is 0 Å². The molecule has 0 aromatic rings. The summed E-state index contributed by atoms with van der Waals surface area (Å²) >= 11 is 0. The van der Waals surface area contributed by atoms with Crippen LogP contribution in [0.15, 0.2) is 0 Å². The Bertz CT molecular complexity index is 206. The summed E-state index contributed by atoms with van der Waals surface area (Å²) in [6, 6.07) is 0.655. The van der Waals surface area contributed by atoms with E-state index in [1.54, 1.807) is 0 Å². The van der Waals surface area contributed by atoms with Gasteiger partial charge in [0, 0.05) is 31.7 Å². The Balaban J connectivity index is 1.79. The molecular formula is C13H26N2O. The maximum Gasteiger partial charge on any atom is 0.0521 e. The van der Waals surface area contributed by atoms with Gasteiger partial charge in [-0.2, -0.15) is 0 Å². The van der Waals surface area contributed by atoms with Gasteiger partial charge >= 0.3 is 0 Å². The maximum absolute atomic E-state index is 5.61. The van der Waals surface area contributed by atoms with Crippen molar-refractivity contribution in [3.8, 4) is 0 Å². The SMILES string of the molecule is CCN(CC1CC1)CC1COCCC1NC. The van der Waals surface area contributed by atoms with Gasteiger partial charge in [-0.1, -0.05) is 6.92 Å². The minimum Gasteiger partial charge on any atom is -0.381 e. The van der Waals surface area contributed by atoms with Crippen molar-refractivity contribution in [2.45, 2.75) is 32.2 Å². The van der Waals surface area contributed by atoms with Gasteiger partial charge in [0.15, 0.2) is 0 Å². The first-order chi connectivity index (χ1) is 7.83. The highest BCUT2D eigenvalue weighted by Gasteiger charge is 2.29. The van der Waals surface area contributed by atoms with E-state index < -0.39 is 0 Å². The highest BCUT2D eigenvalue weighted by molar-refractivity contribution is 4.83. The van der Waals surface area contributed by atoms with Crippen molar-refractivity contribution < 1.29 is 4.74 Å². The zero-order valence-corrected chi connectivity index (χ0v) is 10.7. The molecule has 1 saturated carbocycles. The molecule has 16 heavy (non-hydrogen) atoms. The predicted molar refractivity (Wildman–Crippen MR) is 66.6 cm³/mol. The molecule has 0 aromatic carbocycles. The summed E-state index contributed by atoms with van der Waals surface area (Å²) in [5.74, 6) is 1.68. The third-order valence-electron chi connectivity index (χ3n) is 4.00. The molecule has 2 atom stereocenters. The largest absolute Gasteiger partial charge is 0.381 e. The van der Waals surface area contributed by atoms with Crippen LogP contribution in [-0.2, 0) is 4.74 Å². The molecule has 1 saturated heterocycles. The van der Waals surface area contributed by atoms with Crippen LogP contribution in [0.1, 0.15) is 26.2 Å². The Labute approximate surface area is 99.5 Å². The smallest absolute Gasteiger partial charge is 0.0521 e. The molecule has 1 aliphatic heterocycles. The molecule has 94 valence electrons. The first-order valence-corrected chi connectivity index (χ1v) is 6.80. The summed E-state index contributed by atoms with van der Waals surface area (Å²) in [5.41, 5.74) is 0. The van der Waals surface area contributed by atoms with Crippen molar-refractivity contribution >= 4 is 0 Å². The van der Waals surface area contributed by atoms with Crippen molar-refractivity contribution in [2.75, 3.05) is 39.9 Å². The number of nitrogens with zero attached hydrogens (tertiary/aromatic N) is 1. The normalized spacial score (nSPS) is 30.9.